The van der Waals surface area contributed by atoms with Crippen LogP contribution < -0.4 is 10.1 Å². The highest BCUT2D eigenvalue weighted by Gasteiger charge is 2.18. The number of nitrogens with zero attached hydrogens (tertiary/aromatic N) is 1. The van der Waals surface area contributed by atoms with Gasteiger partial charge in [0.2, 0.25) is 0 Å². The van der Waals surface area contributed by atoms with Gasteiger partial charge in [-0.25, -0.2) is 0 Å². The molecule has 0 bridgehead atoms. The summed E-state index contributed by atoms with van der Waals surface area (Å²) in [6.07, 6.45) is 3.60. The van der Waals surface area contributed by atoms with Crippen molar-refractivity contribution in [1.82, 2.24) is 10.3 Å². The molecular weight excluding hydrogens is 312 g/mol. The molecule has 1 N–H and O–H groups in total. The van der Waals surface area contributed by atoms with E-state index in [0.29, 0.717) is 0 Å². The lowest BCUT2D eigenvalue weighted by atomic mass is 10.1. The quantitative estimate of drug-likeness (QED) is 0.911. The normalized spacial score (nSPS) is 12.4. The molecule has 0 aliphatic heterocycles. The van der Waals surface area contributed by atoms with Crippen molar-refractivity contribution < 1.29 is 4.74 Å². The molecule has 0 saturated carbocycles. The van der Waals surface area contributed by atoms with Gasteiger partial charge in [-0.05, 0) is 45.6 Å². The number of nitrogens with one attached hydrogen (secondary N) is 1. The van der Waals surface area contributed by atoms with E-state index in [-0.39, 0.29) is 6.04 Å². The smallest absolute Gasteiger partial charge is 0.137 e. The summed E-state index contributed by atoms with van der Waals surface area (Å²) >= 11 is 5.32. The molecule has 0 amide bonds. The van der Waals surface area contributed by atoms with E-state index in [0.717, 1.165) is 22.3 Å². The van der Waals surface area contributed by atoms with Gasteiger partial charge in [0.25, 0.3) is 0 Å². The average molecular weight is 327 g/mol. The minimum absolute atomic E-state index is 0.145. The summed E-state index contributed by atoms with van der Waals surface area (Å²) in [5, 5.41) is 5.56. The van der Waals surface area contributed by atoms with Crippen molar-refractivity contribution in [2.45, 2.75) is 13.0 Å². The van der Waals surface area contributed by atoms with Crippen LogP contribution in [0.25, 0.3) is 0 Å². The lowest BCUT2D eigenvalue weighted by Gasteiger charge is -2.18. The maximum atomic E-state index is 5.23. The Morgan fingerprint density at radius 2 is 2.33 bits per heavy atom. The van der Waals surface area contributed by atoms with Crippen molar-refractivity contribution in [3.8, 4) is 5.75 Å². The molecule has 96 valence electrons. The molecular formula is C13H15BrN2OS. The largest absolute Gasteiger partial charge is 0.495 e. The van der Waals surface area contributed by atoms with Crippen LogP contribution in [0.2, 0.25) is 0 Å². The topological polar surface area (TPSA) is 34.2 Å². The first-order valence-corrected chi connectivity index (χ1v) is 7.38. The Morgan fingerprint density at radius 3 is 2.94 bits per heavy atom. The zero-order chi connectivity index (χ0) is 13.0. The Bertz CT molecular complexity index is 515. The highest BCUT2D eigenvalue weighted by molar-refractivity contribution is 9.10. The van der Waals surface area contributed by atoms with Gasteiger partial charge in [0.05, 0.1) is 19.3 Å². The van der Waals surface area contributed by atoms with Crippen molar-refractivity contribution in [3.63, 3.8) is 0 Å². The summed E-state index contributed by atoms with van der Waals surface area (Å²) in [6.45, 7) is 2.99. The molecule has 5 heteroatoms. The van der Waals surface area contributed by atoms with E-state index in [9.17, 15) is 0 Å². The second-order valence-electron chi connectivity index (χ2n) is 3.78. The third-order valence-corrected chi connectivity index (χ3v) is 4.55. The lowest BCUT2D eigenvalue weighted by Crippen LogP contribution is -2.21. The van der Waals surface area contributed by atoms with E-state index in [1.807, 2.05) is 12.3 Å². The third kappa shape index (κ3) is 2.91. The predicted octanol–water partition coefficient (Wildman–Crippen LogP) is 3.61. The molecule has 0 spiro atoms. The van der Waals surface area contributed by atoms with Gasteiger partial charge in [-0.15, -0.1) is 11.3 Å². The summed E-state index contributed by atoms with van der Waals surface area (Å²) in [4.78, 5) is 5.48. The van der Waals surface area contributed by atoms with E-state index in [4.69, 9.17) is 4.74 Å². The van der Waals surface area contributed by atoms with Gasteiger partial charge >= 0.3 is 0 Å². The molecule has 2 aromatic rings. The molecule has 0 radical (unpaired) electrons. The number of methoxy groups -OCH3 is 1. The Labute approximate surface area is 119 Å². The second kappa shape index (κ2) is 6.31. The highest BCUT2D eigenvalue weighted by Crippen LogP contribution is 2.33. The molecule has 2 aromatic heterocycles. The Balaban J connectivity index is 2.38. The van der Waals surface area contributed by atoms with Crippen molar-refractivity contribution in [3.05, 3.63) is 44.8 Å². The number of rotatable bonds is 5. The maximum Gasteiger partial charge on any atom is 0.137 e. The first-order valence-electron chi connectivity index (χ1n) is 5.71. The van der Waals surface area contributed by atoms with Crippen molar-refractivity contribution in [2.24, 2.45) is 0 Å². The van der Waals surface area contributed by atoms with Crippen LogP contribution in [0.15, 0.2) is 34.4 Å². The van der Waals surface area contributed by atoms with E-state index >= 15 is 0 Å². The minimum Gasteiger partial charge on any atom is -0.495 e. The molecule has 1 unspecified atom stereocenters. The molecule has 1 atom stereocenters. The third-order valence-electron chi connectivity index (χ3n) is 2.62. The zero-order valence-electron chi connectivity index (χ0n) is 10.3. The van der Waals surface area contributed by atoms with Gasteiger partial charge in [-0.3, -0.25) is 4.98 Å². The molecule has 2 rings (SSSR count). The van der Waals surface area contributed by atoms with E-state index in [1.54, 1.807) is 24.6 Å². The van der Waals surface area contributed by atoms with E-state index in [1.165, 1.54) is 4.88 Å². The van der Waals surface area contributed by atoms with Crippen molar-refractivity contribution in [2.75, 3.05) is 13.7 Å². The molecule has 0 aliphatic carbocycles. The van der Waals surface area contributed by atoms with E-state index in [2.05, 4.69) is 44.6 Å². The number of aromatic nitrogens is 1. The predicted molar refractivity (Wildman–Crippen MR) is 78.3 cm³/mol. The van der Waals surface area contributed by atoms with E-state index < -0.39 is 0 Å². The number of hydrogen-bond donors (Lipinski definition) is 1. The van der Waals surface area contributed by atoms with Gasteiger partial charge in [0.15, 0.2) is 0 Å². The lowest BCUT2D eigenvalue weighted by molar-refractivity contribution is 0.411. The van der Waals surface area contributed by atoms with Gasteiger partial charge in [0, 0.05) is 15.5 Å². The van der Waals surface area contributed by atoms with Crippen LogP contribution >= 0.6 is 27.3 Å². The molecule has 0 aromatic carbocycles. The fourth-order valence-electron chi connectivity index (χ4n) is 1.78. The van der Waals surface area contributed by atoms with Gasteiger partial charge < -0.3 is 10.1 Å². The molecule has 0 aliphatic rings. The Morgan fingerprint density at radius 1 is 1.50 bits per heavy atom. The number of halogens is 1. The number of ether oxygens (including phenoxy) is 1. The minimum atomic E-state index is 0.145. The fraction of sp³-hybridized carbons (Fsp3) is 0.308. The number of pyridine rings is 1. The summed E-state index contributed by atoms with van der Waals surface area (Å²) in [5.74, 6) is 0.781. The molecule has 0 fully saturated rings. The van der Waals surface area contributed by atoms with Crippen molar-refractivity contribution >= 4 is 27.3 Å². The van der Waals surface area contributed by atoms with Crippen LogP contribution in [0.4, 0.5) is 0 Å². The van der Waals surface area contributed by atoms with Crippen LogP contribution in [0.5, 0.6) is 5.75 Å². The van der Waals surface area contributed by atoms with Crippen LogP contribution in [0.1, 0.15) is 23.4 Å². The average Bonchev–Trinajstić information content (AvgIpc) is 2.82. The number of hydrogen-bond acceptors (Lipinski definition) is 4. The van der Waals surface area contributed by atoms with Gasteiger partial charge in [-0.2, -0.15) is 0 Å². The highest BCUT2D eigenvalue weighted by atomic mass is 79.9. The Kier molecular flexibility index (Phi) is 4.74. The molecule has 18 heavy (non-hydrogen) atoms. The standard InChI is InChI=1S/C13H15BrN2OS/c1-3-16-12(13-11(14)4-5-18-13)9-6-10(17-2)8-15-7-9/h4-8,12,16H,3H2,1-2H3. The van der Waals surface area contributed by atoms with Crippen LogP contribution in [-0.4, -0.2) is 18.6 Å². The van der Waals surface area contributed by atoms with Gasteiger partial charge in [0.1, 0.15) is 5.75 Å². The zero-order valence-corrected chi connectivity index (χ0v) is 12.7. The van der Waals surface area contributed by atoms with Gasteiger partial charge in [-0.1, -0.05) is 6.92 Å². The maximum absolute atomic E-state index is 5.23. The summed E-state index contributed by atoms with van der Waals surface area (Å²) in [7, 11) is 1.66. The van der Waals surface area contributed by atoms with Crippen LogP contribution in [0, 0.1) is 0 Å². The summed E-state index contributed by atoms with van der Waals surface area (Å²) in [5.41, 5.74) is 1.11. The second-order valence-corrected chi connectivity index (χ2v) is 5.58. The SMILES string of the molecule is CCNC(c1cncc(OC)c1)c1sccc1Br. The number of thiophene rings is 1. The molecule has 2 heterocycles. The molecule has 0 saturated heterocycles. The van der Waals surface area contributed by atoms with Crippen molar-refractivity contribution in [1.29, 1.82) is 0 Å². The summed E-state index contributed by atoms with van der Waals surface area (Å²) in [6, 6.07) is 4.23. The summed E-state index contributed by atoms with van der Waals surface area (Å²) < 4.78 is 6.36. The first kappa shape index (κ1) is 13.5. The van der Waals surface area contributed by atoms with Crippen LogP contribution in [0.3, 0.4) is 0 Å². The monoisotopic (exact) mass is 326 g/mol. The fourth-order valence-corrected chi connectivity index (χ4v) is 3.49. The molecule has 3 nitrogen and oxygen atoms in total. The first-order chi connectivity index (χ1) is 8.76. The van der Waals surface area contributed by atoms with Crippen LogP contribution in [-0.2, 0) is 0 Å². The Hall–Kier alpha value is -0.910.